The van der Waals surface area contributed by atoms with E-state index < -0.39 is 0 Å². The lowest BCUT2D eigenvalue weighted by Gasteiger charge is -2.23. The van der Waals surface area contributed by atoms with Gasteiger partial charge in [0.05, 0.1) is 6.54 Å². The van der Waals surface area contributed by atoms with Gasteiger partial charge in [-0.25, -0.2) is 4.98 Å². The van der Waals surface area contributed by atoms with Crippen LogP contribution in [0.3, 0.4) is 0 Å². The largest absolute Gasteiger partial charge is 0.458 e. The quantitative estimate of drug-likeness (QED) is 0.467. The van der Waals surface area contributed by atoms with Crippen LogP contribution in [0.1, 0.15) is 49.7 Å². The van der Waals surface area contributed by atoms with Crippen molar-refractivity contribution in [2.75, 3.05) is 23.3 Å². The molecule has 1 aromatic carbocycles. The zero-order valence-electron chi connectivity index (χ0n) is 18.1. The Morgan fingerprint density at radius 1 is 1.13 bits per heavy atom. The van der Waals surface area contributed by atoms with Crippen LogP contribution in [0.2, 0.25) is 0 Å². The van der Waals surface area contributed by atoms with Crippen LogP contribution in [-0.2, 0) is 11.3 Å². The van der Waals surface area contributed by atoms with E-state index in [2.05, 4.69) is 34.4 Å². The van der Waals surface area contributed by atoms with Gasteiger partial charge in [-0.1, -0.05) is 13.3 Å². The van der Waals surface area contributed by atoms with E-state index in [1.54, 1.807) is 12.1 Å². The lowest BCUT2D eigenvalue weighted by atomic mass is 10.1. The molecule has 0 atom stereocenters. The maximum Gasteiger partial charge on any atom is 0.257 e. The highest BCUT2D eigenvalue weighted by Gasteiger charge is 2.13. The summed E-state index contributed by atoms with van der Waals surface area (Å²) in [5.41, 5.74) is 2.35. The average molecular weight is 441 g/mol. The van der Waals surface area contributed by atoms with Crippen molar-refractivity contribution in [2.45, 2.75) is 40.2 Å². The highest BCUT2D eigenvalue weighted by atomic mass is 32.1. The van der Waals surface area contributed by atoms with Gasteiger partial charge in [0.25, 0.3) is 5.91 Å². The van der Waals surface area contributed by atoms with Crippen molar-refractivity contribution in [3.05, 3.63) is 53.1 Å². The number of unbranched alkanes of at least 4 members (excludes halogenated alkanes) is 1. The number of thiazole rings is 1. The van der Waals surface area contributed by atoms with Gasteiger partial charge in [0.15, 0.2) is 10.9 Å². The third-order valence-corrected chi connectivity index (χ3v) is 5.57. The van der Waals surface area contributed by atoms with E-state index >= 15 is 0 Å². The van der Waals surface area contributed by atoms with E-state index in [1.165, 1.54) is 18.3 Å². The molecule has 2 heterocycles. The second-order valence-corrected chi connectivity index (χ2v) is 8.01. The van der Waals surface area contributed by atoms with Gasteiger partial charge in [0, 0.05) is 36.6 Å². The summed E-state index contributed by atoms with van der Waals surface area (Å²) in [5, 5.41) is 7.87. The molecule has 7 nitrogen and oxygen atoms in total. The maximum atomic E-state index is 12.6. The second-order valence-electron chi connectivity index (χ2n) is 7.15. The van der Waals surface area contributed by atoms with Crippen LogP contribution in [0.15, 0.2) is 46.2 Å². The van der Waals surface area contributed by atoms with Crippen LogP contribution in [0.4, 0.5) is 10.8 Å². The Kier molecular flexibility index (Phi) is 7.83. The molecule has 0 aliphatic carbocycles. The molecule has 0 radical (unpaired) electrons. The van der Waals surface area contributed by atoms with Gasteiger partial charge >= 0.3 is 0 Å². The molecule has 0 aliphatic heterocycles. The van der Waals surface area contributed by atoms with Crippen molar-refractivity contribution in [2.24, 2.45) is 0 Å². The van der Waals surface area contributed by atoms with Gasteiger partial charge in [-0.3, -0.25) is 14.9 Å². The zero-order valence-corrected chi connectivity index (χ0v) is 18.9. The first kappa shape index (κ1) is 22.6. The van der Waals surface area contributed by atoms with Crippen LogP contribution in [0, 0.1) is 0 Å². The number of hydrogen-bond acceptors (Lipinski definition) is 6. The molecule has 2 aromatic heterocycles. The number of carbonyl (C=O) groups excluding carboxylic acids is 2. The van der Waals surface area contributed by atoms with Gasteiger partial charge < -0.3 is 14.6 Å². The predicted octanol–water partition coefficient (Wildman–Crippen LogP) is 4.92. The molecule has 0 bridgehead atoms. The topological polar surface area (TPSA) is 87.5 Å². The summed E-state index contributed by atoms with van der Waals surface area (Å²) in [4.78, 5) is 30.4. The van der Waals surface area contributed by atoms with Crippen LogP contribution in [-0.4, -0.2) is 29.9 Å². The molecule has 0 unspecified atom stereocenters. The fourth-order valence-electron chi connectivity index (χ4n) is 3.08. The van der Waals surface area contributed by atoms with Crippen molar-refractivity contribution in [1.82, 2.24) is 10.3 Å². The third kappa shape index (κ3) is 6.18. The van der Waals surface area contributed by atoms with E-state index in [-0.39, 0.29) is 11.8 Å². The van der Waals surface area contributed by atoms with Crippen molar-refractivity contribution in [1.29, 1.82) is 0 Å². The lowest BCUT2D eigenvalue weighted by Crippen LogP contribution is -2.23. The number of benzene rings is 1. The molecular weight excluding hydrogens is 412 g/mol. The Morgan fingerprint density at radius 2 is 1.90 bits per heavy atom. The molecular formula is C23H28N4O3S. The van der Waals surface area contributed by atoms with Gasteiger partial charge in [-0.2, -0.15) is 0 Å². The zero-order chi connectivity index (χ0) is 22.2. The van der Waals surface area contributed by atoms with Crippen LogP contribution < -0.4 is 15.5 Å². The standard InChI is InChI=1S/C23H28N4O3S/c1-4-6-13-27(5-2)18-9-7-17(8-10-18)22(29)26-23-25-20(15-31-23)21-12-11-19(30-21)14-24-16(3)28/h7-12,15H,4-6,13-14H2,1-3H3,(H,24,28)(H,25,26,29). The highest BCUT2D eigenvalue weighted by molar-refractivity contribution is 7.14. The van der Waals surface area contributed by atoms with Crippen LogP contribution >= 0.6 is 11.3 Å². The first-order valence-electron chi connectivity index (χ1n) is 10.5. The Labute approximate surface area is 186 Å². The normalized spacial score (nSPS) is 10.7. The molecule has 0 fully saturated rings. The average Bonchev–Trinajstić information content (AvgIpc) is 3.42. The molecule has 0 spiro atoms. The lowest BCUT2D eigenvalue weighted by molar-refractivity contribution is -0.119. The van der Waals surface area contributed by atoms with Gasteiger partial charge in [-0.05, 0) is 49.7 Å². The molecule has 2 N–H and O–H groups in total. The fraction of sp³-hybridized carbons (Fsp3) is 0.348. The number of rotatable bonds is 10. The summed E-state index contributed by atoms with van der Waals surface area (Å²) >= 11 is 1.33. The van der Waals surface area contributed by atoms with Crippen molar-refractivity contribution in [3.63, 3.8) is 0 Å². The number of aromatic nitrogens is 1. The summed E-state index contributed by atoms with van der Waals surface area (Å²) in [7, 11) is 0. The number of anilines is 2. The number of carbonyl (C=O) groups is 2. The predicted molar refractivity (Wildman–Crippen MR) is 125 cm³/mol. The first-order valence-corrected chi connectivity index (χ1v) is 11.3. The van der Waals surface area contributed by atoms with Gasteiger partial charge in [0.2, 0.25) is 5.91 Å². The molecule has 0 aliphatic rings. The fourth-order valence-corrected chi connectivity index (χ4v) is 3.77. The minimum absolute atomic E-state index is 0.118. The smallest absolute Gasteiger partial charge is 0.257 e. The first-order chi connectivity index (χ1) is 15.0. The Hall–Kier alpha value is -3.13. The van der Waals surface area contributed by atoms with Gasteiger partial charge in [0.1, 0.15) is 11.5 Å². The minimum atomic E-state index is -0.199. The molecule has 2 amide bonds. The number of nitrogens with zero attached hydrogens (tertiary/aromatic N) is 2. The second kappa shape index (κ2) is 10.8. The Balaban J connectivity index is 1.61. The number of hydrogen-bond donors (Lipinski definition) is 2. The van der Waals surface area contributed by atoms with Crippen molar-refractivity contribution >= 4 is 34.0 Å². The van der Waals surface area contributed by atoms with E-state index in [4.69, 9.17) is 4.42 Å². The molecule has 31 heavy (non-hydrogen) atoms. The van der Waals surface area contributed by atoms with Crippen molar-refractivity contribution < 1.29 is 14.0 Å². The monoisotopic (exact) mass is 440 g/mol. The number of furan rings is 1. The van der Waals surface area contributed by atoms with Crippen LogP contribution in [0.25, 0.3) is 11.5 Å². The molecule has 164 valence electrons. The highest BCUT2D eigenvalue weighted by Crippen LogP contribution is 2.27. The van der Waals surface area contributed by atoms with Crippen molar-refractivity contribution in [3.8, 4) is 11.5 Å². The van der Waals surface area contributed by atoms with E-state index in [0.29, 0.717) is 34.5 Å². The van der Waals surface area contributed by atoms with E-state index in [9.17, 15) is 9.59 Å². The minimum Gasteiger partial charge on any atom is -0.458 e. The molecule has 3 rings (SSSR count). The molecule has 3 aromatic rings. The van der Waals surface area contributed by atoms with E-state index in [0.717, 1.165) is 31.6 Å². The SMILES string of the molecule is CCCCN(CC)c1ccc(C(=O)Nc2nc(-c3ccc(CNC(C)=O)o3)cs2)cc1. The van der Waals surface area contributed by atoms with Gasteiger partial charge in [-0.15, -0.1) is 11.3 Å². The molecule has 8 heteroatoms. The molecule has 0 saturated heterocycles. The number of amides is 2. The molecule has 0 saturated carbocycles. The van der Waals surface area contributed by atoms with Crippen LogP contribution in [0.5, 0.6) is 0 Å². The van der Waals surface area contributed by atoms with E-state index in [1.807, 2.05) is 29.6 Å². The summed E-state index contributed by atoms with van der Waals surface area (Å²) < 4.78 is 5.71. The summed E-state index contributed by atoms with van der Waals surface area (Å²) in [6.45, 7) is 8.05. The summed E-state index contributed by atoms with van der Waals surface area (Å²) in [6, 6.07) is 11.3. The Morgan fingerprint density at radius 3 is 2.58 bits per heavy atom. The third-order valence-electron chi connectivity index (χ3n) is 4.81. The summed E-state index contributed by atoms with van der Waals surface area (Å²) in [5.74, 6) is 0.917. The summed E-state index contributed by atoms with van der Waals surface area (Å²) in [6.07, 6.45) is 2.30. The number of nitrogens with one attached hydrogen (secondary N) is 2. The Bertz CT molecular complexity index is 1010. The maximum absolute atomic E-state index is 12.6.